The van der Waals surface area contributed by atoms with E-state index in [-0.39, 0.29) is 27.5 Å². The summed E-state index contributed by atoms with van der Waals surface area (Å²) in [5, 5.41) is 11.3. The molecule has 2 rings (SSSR count). The number of nitriles is 1. The highest BCUT2D eigenvalue weighted by atomic mass is 32.2. The van der Waals surface area contributed by atoms with E-state index in [1.807, 2.05) is 6.07 Å². The van der Waals surface area contributed by atoms with Crippen LogP contribution in [-0.4, -0.2) is 52.4 Å². The van der Waals surface area contributed by atoms with Gasteiger partial charge in [-0.25, -0.2) is 17.5 Å². The van der Waals surface area contributed by atoms with Gasteiger partial charge >= 0.3 is 5.97 Å². The first-order chi connectivity index (χ1) is 13.7. The summed E-state index contributed by atoms with van der Waals surface area (Å²) in [6.07, 6.45) is 0. The van der Waals surface area contributed by atoms with Gasteiger partial charge in [-0.1, -0.05) is 6.07 Å². The van der Waals surface area contributed by atoms with Crippen molar-refractivity contribution in [3.05, 3.63) is 53.6 Å². The van der Waals surface area contributed by atoms with Crippen molar-refractivity contribution >= 4 is 27.6 Å². The maximum absolute atomic E-state index is 12.4. The lowest BCUT2D eigenvalue weighted by molar-refractivity contribution is -0.119. The summed E-state index contributed by atoms with van der Waals surface area (Å²) < 4.78 is 35.9. The second-order valence-electron chi connectivity index (χ2n) is 5.97. The van der Waals surface area contributed by atoms with Crippen LogP contribution in [0, 0.1) is 11.3 Å². The van der Waals surface area contributed by atoms with Crippen LogP contribution >= 0.6 is 0 Å². The molecule has 2 aromatic rings. The summed E-state index contributed by atoms with van der Waals surface area (Å²) in [6, 6.07) is 11.9. The Balaban J connectivity index is 2.09. The van der Waals surface area contributed by atoms with Crippen molar-refractivity contribution < 1.29 is 27.5 Å². The molecule has 0 aromatic heterocycles. The molecule has 9 nitrogen and oxygen atoms in total. The maximum Gasteiger partial charge on any atom is 0.338 e. The van der Waals surface area contributed by atoms with Crippen LogP contribution in [-0.2, 0) is 19.6 Å². The molecule has 0 saturated heterocycles. The van der Waals surface area contributed by atoms with E-state index in [0.717, 1.165) is 4.31 Å². The summed E-state index contributed by atoms with van der Waals surface area (Å²) in [5.41, 5.74) is 0.621. The van der Waals surface area contributed by atoms with E-state index in [0.29, 0.717) is 0 Å². The third-order valence-electron chi connectivity index (χ3n) is 3.77. The van der Waals surface area contributed by atoms with Crippen molar-refractivity contribution in [3.63, 3.8) is 0 Å². The molecule has 29 heavy (non-hydrogen) atoms. The van der Waals surface area contributed by atoms with Gasteiger partial charge in [0.15, 0.2) is 6.61 Å². The first-order valence-corrected chi connectivity index (χ1v) is 9.70. The van der Waals surface area contributed by atoms with E-state index in [2.05, 4.69) is 5.32 Å². The molecule has 0 heterocycles. The number of methoxy groups -OCH3 is 1. The largest absolute Gasteiger partial charge is 0.495 e. The zero-order valence-corrected chi connectivity index (χ0v) is 16.8. The number of hydrogen-bond acceptors (Lipinski definition) is 7. The van der Waals surface area contributed by atoms with E-state index in [4.69, 9.17) is 14.7 Å². The van der Waals surface area contributed by atoms with E-state index in [1.165, 1.54) is 63.7 Å². The van der Waals surface area contributed by atoms with Gasteiger partial charge in [-0.2, -0.15) is 5.26 Å². The number of rotatable bonds is 7. The lowest BCUT2D eigenvalue weighted by Crippen LogP contribution is -2.24. The number of sulfonamides is 1. The molecular formula is C19H19N3O6S. The molecule has 0 aliphatic heterocycles. The number of benzene rings is 2. The standard InChI is InChI=1S/C19H19N3O6S/c1-22(2)29(25,26)17-10-15(7-8-16(17)27-3)21-18(23)12-28-19(24)14-6-4-5-13(9-14)11-20/h4-10H,12H2,1-3H3,(H,21,23). The third-order valence-corrected chi connectivity index (χ3v) is 5.60. The molecule has 0 aliphatic rings. The number of nitrogens with one attached hydrogen (secondary N) is 1. The Bertz CT molecular complexity index is 1070. The third kappa shape index (κ3) is 5.31. The van der Waals surface area contributed by atoms with Gasteiger partial charge in [-0.05, 0) is 36.4 Å². The molecule has 10 heteroatoms. The Morgan fingerprint density at radius 3 is 2.52 bits per heavy atom. The summed E-state index contributed by atoms with van der Waals surface area (Å²) in [7, 11) is 0.287. The predicted octanol–water partition coefficient (Wildman–Crippen LogP) is 1.61. The Morgan fingerprint density at radius 1 is 1.17 bits per heavy atom. The minimum Gasteiger partial charge on any atom is -0.495 e. The molecule has 0 radical (unpaired) electrons. The zero-order chi connectivity index (χ0) is 21.6. The lowest BCUT2D eigenvalue weighted by Gasteiger charge is -2.16. The second-order valence-corrected chi connectivity index (χ2v) is 8.09. The van der Waals surface area contributed by atoms with Crippen LogP contribution < -0.4 is 10.1 Å². The van der Waals surface area contributed by atoms with Crippen molar-refractivity contribution in [2.75, 3.05) is 33.1 Å². The summed E-state index contributed by atoms with van der Waals surface area (Å²) in [6.45, 7) is -0.586. The quantitative estimate of drug-likeness (QED) is 0.678. The molecule has 0 fully saturated rings. The van der Waals surface area contributed by atoms with Gasteiger partial charge in [-0.3, -0.25) is 4.79 Å². The van der Waals surface area contributed by atoms with Crippen LogP contribution in [0.1, 0.15) is 15.9 Å². The number of esters is 1. The molecular weight excluding hydrogens is 398 g/mol. The molecule has 1 N–H and O–H groups in total. The Kier molecular flexibility index (Phi) is 6.93. The van der Waals surface area contributed by atoms with Crippen LogP contribution in [0.4, 0.5) is 5.69 Å². The summed E-state index contributed by atoms with van der Waals surface area (Å²) >= 11 is 0. The minimum atomic E-state index is -3.80. The van der Waals surface area contributed by atoms with E-state index in [1.54, 1.807) is 0 Å². The Hall–Kier alpha value is -3.42. The van der Waals surface area contributed by atoms with E-state index >= 15 is 0 Å². The van der Waals surface area contributed by atoms with Crippen molar-refractivity contribution in [2.24, 2.45) is 0 Å². The molecule has 152 valence electrons. The summed E-state index contributed by atoms with van der Waals surface area (Å²) in [4.78, 5) is 24.0. The molecule has 1 amide bonds. The molecule has 0 unspecified atom stereocenters. The zero-order valence-electron chi connectivity index (χ0n) is 16.0. The highest BCUT2D eigenvalue weighted by Crippen LogP contribution is 2.28. The average Bonchev–Trinajstić information content (AvgIpc) is 2.71. The monoisotopic (exact) mass is 417 g/mol. The number of hydrogen-bond donors (Lipinski definition) is 1. The van der Waals surface area contributed by atoms with Gasteiger partial charge in [-0.15, -0.1) is 0 Å². The molecule has 2 aromatic carbocycles. The number of amides is 1. The Morgan fingerprint density at radius 2 is 1.90 bits per heavy atom. The smallest absolute Gasteiger partial charge is 0.338 e. The van der Waals surface area contributed by atoms with Gasteiger partial charge in [0, 0.05) is 19.8 Å². The predicted molar refractivity (Wildman–Crippen MR) is 104 cm³/mol. The van der Waals surface area contributed by atoms with Crippen LogP contribution in [0.25, 0.3) is 0 Å². The molecule has 0 bridgehead atoms. The van der Waals surface area contributed by atoms with Crippen molar-refractivity contribution in [1.82, 2.24) is 4.31 Å². The fourth-order valence-corrected chi connectivity index (χ4v) is 3.35. The number of nitrogens with zero attached hydrogens (tertiary/aromatic N) is 2. The van der Waals surface area contributed by atoms with Crippen LogP contribution in [0.2, 0.25) is 0 Å². The van der Waals surface area contributed by atoms with Crippen molar-refractivity contribution in [2.45, 2.75) is 4.90 Å². The molecule has 0 spiro atoms. The van der Waals surface area contributed by atoms with Gasteiger partial charge in [0.05, 0.1) is 24.3 Å². The molecule has 0 atom stereocenters. The minimum absolute atomic E-state index is 0.117. The number of carbonyl (C=O) groups excluding carboxylic acids is 2. The van der Waals surface area contributed by atoms with E-state index < -0.39 is 28.5 Å². The van der Waals surface area contributed by atoms with Gasteiger partial charge in [0.1, 0.15) is 10.6 Å². The second kappa shape index (κ2) is 9.18. The normalized spacial score (nSPS) is 10.9. The highest BCUT2D eigenvalue weighted by molar-refractivity contribution is 7.89. The fourth-order valence-electron chi connectivity index (χ4n) is 2.28. The van der Waals surface area contributed by atoms with Gasteiger partial charge < -0.3 is 14.8 Å². The Labute approximate surface area is 168 Å². The first-order valence-electron chi connectivity index (χ1n) is 8.26. The number of carbonyl (C=O) groups is 2. The number of anilines is 1. The average molecular weight is 417 g/mol. The summed E-state index contributed by atoms with van der Waals surface area (Å²) in [5.74, 6) is -1.29. The van der Waals surface area contributed by atoms with Crippen LogP contribution in [0.5, 0.6) is 5.75 Å². The number of ether oxygens (including phenoxy) is 2. The van der Waals surface area contributed by atoms with Gasteiger partial charge in [0.25, 0.3) is 5.91 Å². The lowest BCUT2D eigenvalue weighted by atomic mass is 10.1. The van der Waals surface area contributed by atoms with Crippen molar-refractivity contribution in [3.8, 4) is 11.8 Å². The highest BCUT2D eigenvalue weighted by Gasteiger charge is 2.23. The first kappa shape index (κ1) is 21.9. The molecule has 0 saturated carbocycles. The topological polar surface area (TPSA) is 126 Å². The van der Waals surface area contributed by atoms with E-state index in [9.17, 15) is 18.0 Å². The van der Waals surface area contributed by atoms with Crippen LogP contribution in [0.15, 0.2) is 47.4 Å². The SMILES string of the molecule is COc1ccc(NC(=O)COC(=O)c2cccc(C#N)c2)cc1S(=O)(=O)N(C)C. The fraction of sp³-hybridized carbons (Fsp3) is 0.211. The van der Waals surface area contributed by atoms with Crippen molar-refractivity contribution in [1.29, 1.82) is 5.26 Å². The maximum atomic E-state index is 12.4. The van der Waals surface area contributed by atoms with Gasteiger partial charge in [0.2, 0.25) is 10.0 Å². The van der Waals surface area contributed by atoms with Crippen LogP contribution in [0.3, 0.4) is 0 Å². The molecule has 0 aliphatic carbocycles.